The molecule has 17 heavy (non-hydrogen) atoms. The van der Waals surface area contributed by atoms with E-state index in [1.807, 2.05) is 0 Å². The van der Waals surface area contributed by atoms with Gasteiger partial charge in [0.15, 0.2) is 0 Å². The molecular weight excluding hydrogens is 216 g/mol. The number of rotatable bonds is 3. The Morgan fingerprint density at radius 3 is 2.53 bits per heavy atom. The van der Waals surface area contributed by atoms with Gasteiger partial charge in [0.2, 0.25) is 0 Å². The number of aliphatic hydroxyl groups excluding tert-OH is 1. The van der Waals surface area contributed by atoms with Gasteiger partial charge in [-0.05, 0) is 37.5 Å². The summed E-state index contributed by atoms with van der Waals surface area (Å²) in [6.07, 6.45) is 7.09. The van der Waals surface area contributed by atoms with Gasteiger partial charge in [-0.3, -0.25) is 4.79 Å². The van der Waals surface area contributed by atoms with Crippen molar-refractivity contribution in [3.63, 3.8) is 0 Å². The average molecular weight is 238 g/mol. The second-order valence-electron chi connectivity index (χ2n) is 5.93. The molecule has 0 bridgehead atoms. The molecule has 1 rings (SSSR count). The number of terminal acetylenes is 1. The Kier molecular flexibility index (Phi) is 3.88. The molecule has 1 fully saturated rings. The normalized spacial score (nSPS) is 36.2. The molecule has 0 radical (unpaired) electrons. The Balaban J connectivity index is 3.10. The summed E-state index contributed by atoms with van der Waals surface area (Å²) in [4.78, 5) is 11.5. The van der Waals surface area contributed by atoms with E-state index in [1.54, 1.807) is 6.92 Å². The smallest absolute Gasteiger partial charge is 0.312 e. The van der Waals surface area contributed by atoms with E-state index >= 15 is 0 Å². The maximum Gasteiger partial charge on any atom is 0.312 e. The highest BCUT2D eigenvalue weighted by molar-refractivity contribution is 5.75. The van der Waals surface area contributed by atoms with Gasteiger partial charge >= 0.3 is 5.97 Å². The Morgan fingerprint density at radius 2 is 2.06 bits per heavy atom. The third kappa shape index (κ3) is 2.32. The minimum atomic E-state index is -1.08. The van der Waals surface area contributed by atoms with Gasteiger partial charge in [-0.15, -0.1) is 12.3 Å². The fraction of sp³-hybridized carbons (Fsp3) is 0.786. The van der Waals surface area contributed by atoms with Crippen molar-refractivity contribution in [1.29, 1.82) is 0 Å². The van der Waals surface area contributed by atoms with E-state index in [-0.39, 0.29) is 11.3 Å². The minimum Gasteiger partial charge on any atom is -0.481 e. The number of hydrogen-bond donors (Lipinski definition) is 2. The number of aliphatic carboxylic acids is 1. The van der Waals surface area contributed by atoms with Crippen molar-refractivity contribution < 1.29 is 15.0 Å². The molecule has 0 aromatic carbocycles. The molecule has 0 heterocycles. The van der Waals surface area contributed by atoms with Crippen LogP contribution in [0.1, 0.15) is 46.5 Å². The molecule has 0 unspecified atom stereocenters. The Morgan fingerprint density at radius 1 is 1.47 bits per heavy atom. The highest BCUT2D eigenvalue weighted by atomic mass is 16.4. The maximum absolute atomic E-state index is 11.5. The van der Waals surface area contributed by atoms with E-state index in [0.29, 0.717) is 19.3 Å². The lowest BCUT2D eigenvalue weighted by Crippen LogP contribution is -2.54. The molecular formula is C14H22O3. The van der Waals surface area contributed by atoms with Crippen LogP contribution in [0.4, 0.5) is 0 Å². The van der Waals surface area contributed by atoms with E-state index in [1.165, 1.54) is 0 Å². The van der Waals surface area contributed by atoms with Crippen molar-refractivity contribution in [2.45, 2.75) is 52.6 Å². The molecule has 0 aromatic rings. The Hall–Kier alpha value is -1.01. The zero-order valence-corrected chi connectivity index (χ0v) is 10.9. The number of carboxylic acid groups (broad SMARTS) is 1. The SMILES string of the molecule is C#CCC[C@H]1C(C)(C)CC[C@@H](O)[C@@]1(C)C(=O)O. The molecule has 3 atom stereocenters. The molecule has 1 aliphatic rings. The van der Waals surface area contributed by atoms with Crippen molar-refractivity contribution in [3.8, 4) is 12.3 Å². The zero-order valence-electron chi connectivity index (χ0n) is 10.9. The monoisotopic (exact) mass is 238 g/mol. The largest absolute Gasteiger partial charge is 0.481 e. The molecule has 2 N–H and O–H groups in total. The zero-order chi connectivity index (χ0) is 13.3. The Labute approximate surface area is 103 Å². The van der Waals surface area contributed by atoms with Gasteiger partial charge in [0.25, 0.3) is 0 Å². The Bertz CT molecular complexity index is 340. The predicted molar refractivity (Wildman–Crippen MR) is 66.3 cm³/mol. The van der Waals surface area contributed by atoms with Gasteiger partial charge < -0.3 is 10.2 Å². The molecule has 3 nitrogen and oxygen atoms in total. The van der Waals surface area contributed by atoms with Crippen LogP contribution in [-0.4, -0.2) is 22.3 Å². The molecule has 1 aliphatic carbocycles. The van der Waals surface area contributed by atoms with Gasteiger partial charge in [-0.1, -0.05) is 13.8 Å². The third-order valence-corrected chi connectivity index (χ3v) is 4.46. The van der Waals surface area contributed by atoms with Gasteiger partial charge in [0.1, 0.15) is 0 Å². The van der Waals surface area contributed by atoms with E-state index in [4.69, 9.17) is 6.42 Å². The first-order valence-corrected chi connectivity index (χ1v) is 6.11. The van der Waals surface area contributed by atoms with Crippen molar-refractivity contribution in [3.05, 3.63) is 0 Å². The predicted octanol–water partition coefficient (Wildman–Crippen LogP) is 2.29. The molecule has 0 aromatic heterocycles. The van der Waals surface area contributed by atoms with E-state index in [2.05, 4.69) is 19.8 Å². The summed E-state index contributed by atoms with van der Waals surface area (Å²) < 4.78 is 0. The fourth-order valence-electron chi connectivity index (χ4n) is 3.24. The lowest BCUT2D eigenvalue weighted by molar-refractivity contribution is -0.175. The minimum absolute atomic E-state index is 0.0905. The van der Waals surface area contributed by atoms with Crippen molar-refractivity contribution >= 4 is 5.97 Å². The summed E-state index contributed by atoms with van der Waals surface area (Å²) >= 11 is 0. The number of hydrogen-bond acceptors (Lipinski definition) is 2. The lowest BCUT2D eigenvalue weighted by Gasteiger charge is -2.51. The average Bonchev–Trinajstić information content (AvgIpc) is 2.23. The van der Waals surface area contributed by atoms with Crippen LogP contribution in [0.3, 0.4) is 0 Å². The van der Waals surface area contributed by atoms with Crippen LogP contribution in [0.2, 0.25) is 0 Å². The van der Waals surface area contributed by atoms with Gasteiger partial charge in [-0.25, -0.2) is 0 Å². The first-order chi connectivity index (χ1) is 7.76. The molecule has 3 heteroatoms. The van der Waals surface area contributed by atoms with Crippen LogP contribution in [0.5, 0.6) is 0 Å². The molecule has 0 aliphatic heterocycles. The van der Waals surface area contributed by atoms with Gasteiger partial charge in [0, 0.05) is 6.42 Å². The third-order valence-electron chi connectivity index (χ3n) is 4.46. The van der Waals surface area contributed by atoms with Crippen LogP contribution >= 0.6 is 0 Å². The highest BCUT2D eigenvalue weighted by Gasteiger charge is 2.55. The highest BCUT2D eigenvalue weighted by Crippen LogP contribution is 2.53. The van der Waals surface area contributed by atoms with Gasteiger partial charge in [0.05, 0.1) is 11.5 Å². The molecule has 0 amide bonds. The number of aliphatic hydroxyl groups is 1. The van der Waals surface area contributed by atoms with Crippen LogP contribution in [0.25, 0.3) is 0 Å². The van der Waals surface area contributed by atoms with Crippen molar-refractivity contribution in [1.82, 2.24) is 0 Å². The summed E-state index contributed by atoms with van der Waals surface area (Å²) in [6.45, 7) is 5.80. The lowest BCUT2D eigenvalue weighted by atomic mass is 9.54. The second kappa shape index (κ2) is 4.70. The number of carboxylic acids is 1. The number of carbonyl (C=O) groups is 1. The first-order valence-electron chi connectivity index (χ1n) is 6.11. The molecule has 96 valence electrons. The summed E-state index contributed by atoms with van der Waals surface area (Å²) in [5.41, 5.74) is -1.18. The molecule has 0 saturated heterocycles. The van der Waals surface area contributed by atoms with E-state index in [0.717, 1.165) is 6.42 Å². The quantitative estimate of drug-likeness (QED) is 0.742. The van der Waals surface area contributed by atoms with E-state index in [9.17, 15) is 15.0 Å². The van der Waals surface area contributed by atoms with Crippen LogP contribution in [0.15, 0.2) is 0 Å². The fourth-order valence-corrected chi connectivity index (χ4v) is 3.24. The van der Waals surface area contributed by atoms with Crippen molar-refractivity contribution in [2.75, 3.05) is 0 Å². The van der Waals surface area contributed by atoms with Crippen molar-refractivity contribution in [2.24, 2.45) is 16.7 Å². The topological polar surface area (TPSA) is 57.5 Å². The standard InChI is InChI=1S/C14H22O3/c1-5-6-7-10-13(2,3)9-8-11(15)14(10,4)12(16)17/h1,10-11,15H,6-9H2,2-4H3,(H,16,17)/t10-,11+,14-/m0/s1. The van der Waals surface area contributed by atoms with Crippen LogP contribution in [-0.2, 0) is 4.79 Å². The second-order valence-corrected chi connectivity index (χ2v) is 5.93. The summed E-state index contributed by atoms with van der Waals surface area (Å²) in [5, 5.41) is 19.5. The molecule has 0 spiro atoms. The summed E-state index contributed by atoms with van der Waals surface area (Å²) in [6, 6.07) is 0. The summed E-state index contributed by atoms with van der Waals surface area (Å²) in [5.74, 6) is 1.56. The summed E-state index contributed by atoms with van der Waals surface area (Å²) in [7, 11) is 0. The molecule has 1 saturated carbocycles. The van der Waals surface area contributed by atoms with E-state index < -0.39 is 17.5 Å². The van der Waals surface area contributed by atoms with Gasteiger partial charge in [-0.2, -0.15) is 0 Å². The van der Waals surface area contributed by atoms with Crippen LogP contribution < -0.4 is 0 Å². The van der Waals surface area contributed by atoms with Crippen LogP contribution in [0, 0.1) is 29.1 Å². The maximum atomic E-state index is 11.5. The first kappa shape index (κ1) is 14.1.